The standard InChI is InChI=1S/C29H33ClN2O4/c30-20-7-3-17(4-8-20)5-10-24(34)31-21-11-12-29(35)23-15-19-6-9-22(33)26-25(19)28(29,27(21)36-26)13-14-32(23)16-18-1-2-18/h3-4,6-9,18,21,23,27,33,35H,1-2,5,10-16H2,(H,31,34)/t21-,23?,27+,28+,29-/m1/s1. The molecule has 7 heteroatoms. The maximum atomic E-state index is 13.1. The lowest BCUT2D eigenvalue weighted by molar-refractivity contribution is -0.192. The monoisotopic (exact) mass is 508 g/mol. The predicted molar refractivity (Wildman–Crippen MR) is 136 cm³/mol. The van der Waals surface area contributed by atoms with Crippen LogP contribution in [-0.4, -0.2) is 57.9 Å². The van der Waals surface area contributed by atoms with E-state index in [2.05, 4.69) is 10.2 Å². The number of halogens is 1. The summed E-state index contributed by atoms with van der Waals surface area (Å²) in [4.78, 5) is 15.6. The van der Waals surface area contributed by atoms with Crippen molar-refractivity contribution in [3.8, 4) is 11.5 Å². The molecule has 3 aliphatic carbocycles. The van der Waals surface area contributed by atoms with Gasteiger partial charge in [0, 0.05) is 29.6 Å². The highest BCUT2D eigenvalue weighted by Crippen LogP contribution is 2.65. The van der Waals surface area contributed by atoms with E-state index in [-0.39, 0.29) is 29.8 Å². The van der Waals surface area contributed by atoms with Crippen LogP contribution in [0.3, 0.4) is 0 Å². The second-order valence-electron chi connectivity index (χ2n) is 11.6. The number of piperidine rings is 1. The molecule has 0 radical (unpaired) electrons. The minimum atomic E-state index is -0.929. The van der Waals surface area contributed by atoms with Gasteiger partial charge < -0.3 is 20.3 Å². The van der Waals surface area contributed by atoms with Gasteiger partial charge in [0.1, 0.15) is 6.10 Å². The lowest BCUT2D eigenvalue weighted by atomic mass is 9.48. The molecule has 0 aromatic heterocycles. The van der Waals surface area contributed by atoms with Crippen molar-refractivity contribution in [3.63, 3.8) is 0 Å². The fraction of sp³-hybridized carbons (Fsp3) is 0.552. The molecule has 3 N–H and O–H groups in total. The highest BCUT2D eigenvalue weighted by atomic mass is 35.5. The van der Waals surface area contributed by atoms with Crippen LogP contribution in [0.25, 0.3) is 0 Å². The highest BCUT2D eigenvalue weighted by Gasteiger charge is 2.73. The molecule has 3 fully saturated rings. The van der Waals surface area contributed by atoms with Crippen LogP contribution < -0.4 is 10.1 Å². The molecule has 5 aliphatic rings. The number of phenolic OH excluding ortho intramolecular Hbond substituents is 1. The first-order valence-electron chi connectivity index (χ1n) is 13.4. The Bertz CT molecular complexity index is 1210. The normalized spacial score (nSPS) is 34.1. The van der Waals surface area contributed by atoms with E-state index in [1.807, 2.05) is 30.3 Å². The summed E-state index contributed by atoms with van der Waals surface area (Å²) in [5.74, 6) is 1.39. The van der Waals surface area contributed by atoms with Crippen LogP contribution in [0.1, 0.15) is 55.2 Å². The number of carbonyl (C=O) groups is 1. The average molecular weight is 509 g/mol. The van der Waals surface area contributed by atoms with Crippen molar-refractivity contribution in [2.45, 2.75) is 80.6 Å². The van der Waals surface area contributed by atoms with Crippen LogP contribution in [0.2, 0.25) is 5.02 Å². The van der Waals surface area contributed by atoms with Gasteiger partial charge in [-0.05, 0) is 86.7 Å². The molecule has 2 aromatic rings. The lowest BCUT2D eigenvalue weighted by Gasteiger charge is -2.64. The molecule has 7 rings (SSSR count). The van der Waals surface area contributed by atoms with Crippen molar-refractivity contribution in [1.82, 2.24) is 10.2 Å². The Labute approximate surface area is 216 Å². The molecular formula is C29H33ClN2O4. The van der Waals surface area contributed by atoms with Gasteiger partial charge in [0.2, 0.25) is 5.91 Å². The molecule has 6 nitrogen and oxygen atoms in total. The number of ether oxygens (including phenoxy) is 1. The van der Waals surface area contributed by atoms with E-state index in [4.69, 9.17) is 16.3 Å². The molecule has 1 saturated heterocycles. The molecule has 5 atom stereocenters. The van der Waals surface area contributed by atoms with Gasteiger partial charge in [-0.15, -0.1) is 0 Å². The summed E-state index contributed by atoms with van der Waals surface area (Å²) in [5.41, 5.74) is 1.71. The summed E-state index contributed by atoms with van der Waals surface area (Å²) < 4.78 is 6.53. The van der Waals surface area contributed by atoms with Crippen molar-refractivity contribution in [2.75, 3.05) is 13.1 Å². The lowest BCUT2D eigenvalue weighted by Crippen LogP contribution is -2.78. The molecule has 1 unspecified atom stereocenters. The number of hydrogen-bond donors (Lipinski definition) is 3. The van der Waals surface area contributed by atoms with Crippen molar-refractivity contribution >= 4 is 17.5 Å². The van der Waals surface area contributed by atoms with Crippen LogP contribution in [0.15, 0.2) is 36.4 Å². The SMILES string of the molecule is O=C(CCc1ccc(Cl)cc1)N[C@@H]1CC[C@@]2(O)C3Cc4ccc(O)c5c4[C@@]2(CCN3CC2CC2)[C@H]1O5. The highest BCUT2D eigenvalue weighted by molar-refractivity contribution is 6.30. The molecule has 1 spiro atoms. The summed E-state index contributed by atoms with van der Waals surface area (Å²) in [6.45, 7) is 1.97. The summed E-state index contributed by atoms with van der Waals surface area (Å²) in [7, 11) is 0. The zero-order valence-electron chi connectivity index (χ0n) is 20.4. The quantitative estimate of drug-likeness (QED) is 0.554. The van der Waals surface area contributed by atoms with Gasteiger partial charge in [-0.1, -0.05) is 29.8 Å². The third-order valence-corrected chi connectivity index (χ3v) is 9.91. The largest absolute Gasteiger partial charge is 0.504 e. The number of aryl methyl sites for hydroxylation is 1. The van der Waals surface area contributed by atoms with E-state index in [1.165, 1.54) is 18.4 Å². The van der Waals surface area contributed by atoms with E-state index in [0.29, 0.717) is 36.5 Å². The summed E-state index contributed by atoms with van der Waals surface area (Å²) in [6.07, 6.45) is 6.05. The van der Waals surface area contributed by atoms with Gasteiger partial charge in [-0.3, -0.25) is 9.69 Å². The molecule has 1 amide bonds. The van der Waals surface area contributed by atoms with Crippen LogP contribution in [-0.2, 0) is 23.1 Å². The van der Waals surface area contributed by atoms with E-state index in [1.54, 1.807) is 6.07 Å². The average Bonchev–Trinajstić information content (AvgIpc) is 3.60. The Morgan fingerprint density at radius 2 is 1.94 bits per heavy atom. The molecule has 2 saturated carbocycles. The van der Waals surface area contributed by atoms with Crippen molar-refractivity contribution in [1.29, 1.82) is 0 Å². The fourth-order valence-corrected chi connectivity index (χ4v) is 7.94. The van der Waals surface area contributed by atoms with E-state index in [9.17, 15) is 15.0 Å². The Balaban J connectivity index is 1.18. The minimum absolute atomic E-state index is 0.0145. The zero-order chi connectivity index (χ0) is 24.7. The Hall–Kier alpha value is -2.28. The van der Waals surface area contributed by atoms with E-state index < -0.39 is 11.0 Å². The molecule has 2 heterocycles. The van der Waals surface area contributed by atoms with Gasteiger partial charge in [0.05, 0.1) is 17.1 Å². The Kier molecular flexibility index (Phi) is 5.15. The van der Waals surface area contributed by atoms with Gasteiger partial charge in [0.25, 0.3) is 0 Å². The third-order valence-electron chi connectivity index (χ3n) is 9.66. The first-order valence-corrected chi connectivity index (χ1v) is 13.8. The first-order chi connectivity index (χ1) is 17.4. The van der Waals surface area contributed by atoms with Gasteiger partial charge >= 0.3 is 0 Å². The number of aliphatic hydroxyl groups is 1. The topological polar surface area (TPSA) is 82.0 Å². The number of nitrogens with zero attached hydrogens (tertiary/aromatic N) is 1. The fourth-order valence-electron chi connectivity index (χ4n) is 7.82. The van der Waals surface area contributed by atoms with Crippen LogP contribution >= 0.6 is 11.6 Å². The second-order valence-corrected chi connectivity index (χ2v) is 12.1. The number of amides is 1. The number of nitrogens with one attached hydrogen (secondary N) is 1. The number of likely N-dealkylation sites (tertiary alicyclic amines) is 1. The number of carbonyl (C=O) groups excluding carboxylic acids is 1. The van der Waals surface area contributed by atoms with Crippen LogP contribution in [0.5, 0.6) is 11.5 Å². The Morgan fingerprint density at radius 3 is 2.72 bits per heavy atom. The minimum Gasteiger partial charge on any atom is -0.504 e. The van der Waals surface area contributed by atoms with Gasteiger partial charge in [0.15, 0.2) is 11.5 Å². The summed E-state index contributed by atoms with van der Waals surface area (Å²) in [6, 6.07) is 11.2. The number of hydrogen-bond acceptors (Lipinski definition) is 5. The molecule has 36 heavy (non-hydrogen) atoms. The predicted octanol–water partition coefficient (Wildman–Crippen LogP) is 3.73. The molecule has 2 aromatic carbocycles. The third kappa shape index (κ3) is 3.27. The second kappa shape index (κ2) is 8.11. The number of rotatable bonds is 6. The first kappa shape index (κ1) is 22.9. The van der Waals surface area contributed by atoms with Crippen molar-refractivity contribution < 1.29 is 19.7 Å². The summed E-state index contributed by atoms with van der Waals surface area (Å²) in [5, 5.41) is 27.2. The maximum absolute atomic E-state index is 13.1. The van der Waals surface area contributed by atoms with E-state index in [0.717, 1.165) is 43.0 Å². The summed E-state index contributed by atoms with van der Waals surface area (Å²) >= 11 is 5.99. The smallest absolute Gasteiger partial charge is 0.220 e. The van der Waals surface area contributed by atoms with Gasteiger partial charge in [-0.2, -0.15) is 0 Å². The number of aromatic hydroxyl groups is 1. The molecule has 2 aliphatic heterocycles. The maximum Gasteiger partial charge on any atom is 0.220 e. The van der Waals surface area contributed by atoms with Crippen molar-refractivity contribution in [2.24, 2.45) is 5.92 Å². The number of phenols is 1. The Morgan fingerprint density at radius 1 is 1.14 bits per heavy atom. The number of benzene rings is 2. The van der Waals surface area contributed by atoms with Gasteiger partial charge in [-0.25, -0.2) is 0 Å². The van der Waals surface area contributed by atoms with E-state index >= 15 is 0 Å². The van der Waals surface area contributed by atoms with Crippen molar-refractivity contribution in [3.05, 3.63) is 58.1 Å². The molecule has 2 bridgehead atoms. The molecule has 190 valence electrons. The van der Waals surface area contributed by atoms with Crippen LogP contribution in [0, 0.1) is 5.92 Å². The molecular weight excluding hydrogens is 476 g/mol. The van der Waals surface area contributed by atoms with Crippen LogP contribution in [0.4, 0.5) is 0 Å². The zero-order valence-corrected chi connectivity index (χ0v) is 21.1.